The second kappa shape index (κ2) is 5.52. The molecular weight excluding hydrogens is 238 g/mol. The first-order valence-electron chi connectivity index (χ1n) is 5.35. The summed E-state index contributed by atoms with van der Waals surface area (Å²) < 4.78 is 10.8. The van der Waals surface area contributed by atoms with Crippen LogP contribution in [0, 0.1) is 6.92 Å². The van der Waals surface area contributed by atoms with Gasteiger partial charge in [0.2, 0.25) is 0 Å². The maximum absolute atomic E-state index is 11.9. The summed E-state index contributed by atoms with van der Waals surface area (Å²) in [5.41, 5.74) is -0.298. The third-order valence-electron chi connectivity index (χ3n) is 2.67. The molecule has 0 aliphatic carbocycles. The number of imidazole rings is 1. The van der Waals surface area contributed by atoms with Gasteiger partial charge in [0.1, 0.15) is 0 Å². The van der Waals surface area contributed by atoms with Crippen molar-refractivity contribution < 1.29 is 19.1 Å². The van der Waals surface area contributed by atoms with E-state index in [0.29, 0.717) is 0 Å². The zero-order chi connectivity index (χ0) is 13.8. The van der Waals surface area contributed by atoms with Crippen LogP contribution in [0.15, 0.2) is 12.5 Å². The largest absolute Gasteiger partial charge is 0.467 e. The molecule has 1 aromatic rings. The average molecular weight is 255 g/mol. The Hall–Kier alpha value is -2.05. The summed E-state index contributed by atoms with van der Waals surface area (Å²) in [6.07, 6.45) is 2.61. The molecule has 100 valence electrons. The van der Waals surface area contributed by atoms with E-state index in [1.165, 1.54) is 20.5 Å². The van der Waals surface area contributed by atoms with E-state index in [2.05, 4.69) is 15.0 Å². The first-order chi connectivity index (χ1) is 8.43. The van der Waals surface area contributed by atoms with Gasteiger partial charge >= 0.3 is 12.1 Å². The van der Waals surface area contributed by atoms with Crippen LogP contribution in [0.25, 0.3) is 0 Å². The van der Waals surface area contributed by atoms with Gasteiger partial charge in [0.05, 0.1) is 32.8 Å². The predicted octanol–water partition coefficient (Wildman–Crippen LogP) is 0.436. The van der Waals surface area contributed by atoms with Crippen molar-refractivity contribution in [2.45, 2.75) is 19.4 Å². The molecule has 0 aliphatic rings. The summed E-state index contributed by atoms with van der Waals surface area (Å²) in [5.74, 6) is -0.476. The monoisotopic (exact) mass is 255 g/mol. The highest BCUT2D eigenvalue weighted by Crippen LogP contribution is 2.17. The molecule has 1 amide bonds. The number of carbonyl (C=O) groups is 2. The van der Waals surface area contributed by atoms with Crippen molar-refractivity contribution in [1.29, 1.82) is 0 Å². The number of carbonyl (C=O) groups excluding carboxylic acids is 2. The number of ether oxygens (including phenoxy) is 2. The number of aryl methyl sites for hydroxylation is 1. The van der Waals surface area contributed by atoms with Crippen molar-refractivity contribution in [2.75, 3.05) is 20.8 Å². The van der Waals surface area contributed by atoms with E-state index in [1.54, 1.807) is 17.7 Å². The molecule has 0 fully saturated rings. The standard InChI is InChI=1S/C11H17N3O4/c1-8-5-14(7-13-8)11(2,9(15)17-3)6-12-10(16)18-4/h5,7H,6H2,1-4H3,(H,12,16)/t11-/m0/s1. The van der Waals surface area contributed by atoms with Crippen LogP contribution in [-0.2, 0) is 19.8 Å². The average Bonchev–Trinajstić information content (AvgIpc) is 2.81. The van der Waals surface area contributed by atoms with Gasteiger partial charge in [-0.25, -0.2) is 14.6 Å². The SMILES string of the molecule is COC(=O)NC[C@@](C)(C(=O)OC)n1cnc(C)c1. The third kappa shape index (κ3) is 2.79. The lowest BCUT2D eigenvalue weighted by atomic mass is 10.0. The van der Waals surface area contributed by atoms with Crippen LogP contribution in [-0.4, -0.2) is 42.4 Å². The summed E-state index contributed by atoms with van der Waals surface area (Å²) >= 11 is 0. The van der Waals surface area contributed by atoms with Crippen LogP contribution < -0.4 is 5.32 Å². The molecule has 0 radical (unpaired) electrons. The minimum Gasteiger partial charge on any atom is -0.467 e. The lowest BCUT2D eigenvalue weighted by Gasteiger charge is -2.28. The van der Waals surface area contributed by atoms with Gasteiger partial charge < -0.3 is 19.4 Å². The normalized spacial score (nSPS) is 13.6. The Bertz CT molecular complexity index is 443. The van der Waals surface area contributed by atoms with Gasteiger partial charge in [-0.3, -0.25) is 0 Å². The zero-order valence-electron chi connectivity index (χ0n) is 10.9. The van der Waals surface area contributed by atoms with E-state index in [9.17, 15) is 9.59 Å². The molecule has 1 aromatic heterocycles. The Kier molecular flexibility index (Phi) is 4.30. The van der Waals surface area contributed by atoms with Gasteiger partial charge in [0, 0.05) is 6.20 Å². The molecular formula is C11H17N3O4. The van der Waals surface area contributed by atoms with E-state index < -0.39 is 17.6 Å². The highest BCUT2D eigenvalue weighted by molar-refractivity contribution is 5.79. The fraction of sp³-hybridized carbons (Fsp3) is 0.545. The summed E-state index contributed by atoms with van der Waals surface area (Å²) in [5, 5.41) is 2.49. The molecule has 0 bridgehead atoms. The zero-order valence-corrected chi connectivity index (χ0v) is 10.9. The van der Waals surface area contributed by atoms with Crippen LogP contribution in [0.3, 0.4) is 0 Å². The van der Waals surface area contributed by atoms with Crippen LogP contribution >= 0.6 is 0 Å². The molecule has 1 rings (SSSR count). The maximum atomic E-state index is 11.9. The number of aromatic nitrogens is 2. The molecule has 1 heterocycles. The lowest BCUT2D eigenvalue weighted by Crippen LogP contribution is -2.48. The van der Waals surface area contributed by atoms with Gasteiger partial charge in [-0.15, -0.1) is 0 Å². The third-order valence-corrected chi connectivity index (χ3v) is 2.67. The number of esters is 1. The minimum absolute atomic E-state index is 0.0438. The number of nitrogens with one attached hydrogen (secondary N) is 1. The molecule has 1 atom stereocenters. The fourth-order valence-electron chi connectivity index (χ4n) is 1.50. The smallest absolute Gasteiger partial charge is 0.406 e. The number of methoxy groups -OCH3 is 2. The first kappa shape index (κ1) is 14.0. The van der Waals surface area contributed by atoms with Crippen LogP contribution in [0.2, 0.25) is 0 Å². The number of hydrogen-bond acceptors (Lipinski definition) is 5. The fourth-order valence-corrected chi connectivity index (χ4v) is 1.50. The topological polar surface area (TPSA) is 82.5 Å². The van der Waals surface area contributed by atoms with Gasteiger partial charge in [-0.1, -0.05) is 0 Å². The van der Waals surface area contributed by atoms with Gasteiger partial charge in [-0.05, 0) is 13.8 Å². The summed E-state index contributed by atoms with van der Waals surface area (Å²) in [7, 11) is 2.55. The summed E-state index contributed by atoms with van der Waals surface area (Å²) in [6.45, 7) is 3.50. The Labute approximate surface area is 105 Å². The van der Waals surface area contributed by atoms with Crippen LogP contribution in [0.4, 0.5) is 4.79 Å². The predicted molar refractivity (Wildman–Crippen MR) is 63.0 cm³/mol. The summed E-state index contributed by atoms with van der Waals surface area (Å²) in [4.78, 5) is 27.0. The molecule has 0 unspecified atom stereocenters. The Morgan fingerprint density at radius 1 is 1.44 bits per heavy atom. The molecule has 0 aliphatic heterocycles. The van der Waals surface area contributed by atoms with E-state index in [-0.39, 0.29) is 6.54 Å². The number of hydrogen-bond donors (Lipinski definition) is 1. The van der Waals surface area contributed by atoms with Crippen molar-refractivity contribution in [2.24, 2.45) is 0 Å². The van der Waals surface area contributed by atoms with E-state index in [0.717, 1.165) is 5.69 Å². The number of amides is 1. The van der Waals surface area contributed by atoms with Gasteiger partial charge in [0.15, 0.2) is 5.54 Å². The van der Waals surface area contributed by atoms with Crippen molar-refractivity contribution >= 4 is 12.1 Å². The van der Waals surface area contributed by atoms with Gasteiger partial charge in [-0.2, -0.15) is 0 Å². The maximum Gasteiger partial charge on any atom is 0.406 e. The molecule has 7 heteroatoms. The number of rotatable bonds is 4. The van der Waals surface area contributed by atoms with Crippen molar-refractivity contribution in [3.63, 3.8) is 0 Å². The van der Waals surface area contributed by atoms with E-state index >= 15 is 0 Å². The Morgan fingerprint density at radius 2 is 2.11 bits per heavy atom. The highest BCUT2D eigenvalue weighted by Gasteiger charge is 2.37. The summed E-state index contributed by atoms with van der Waals surface area (Å²) in [6, 6.07) is 0. The van der Waals surface area contributed by atoms with E-state index in [4.69, 9.17) is 4.74 Å². The number of alkyl carbamates (subject to hydrolysis) is 1. The Balaban J connectivity index is 2.96. The highest BCUT2D eigenvalue weighted by atomic mass is 16.5. The second-order valence-electron chi connectivity index (χ2n) is 4.03. The van der Waals surface area contributed by atoms with Crippen LogP contribution in [0.1, 0.15) is 12.6 Å². The molecule has 1 N–H and O–H groups in total. The van der Waals surface area contributed by atoms with Crippen molar-refractivity contribution in [1.82, 2.24) is 14.9 Å². The second-order valence-corrected chi connectivity index (χ2v) is 4.03. The van der Waals surface area contributed by atoms with E-state index in [1.807, 2.05) is 6.92 Å². The van der Waals surface area contributed by atoms with Crippen molar-refractivity contribution in [3.8, 4) is 0 Å². The molecule has 7 nitrogen and oxygen atoms in total. The Morgan fingerprint density at radius 3 is 2.56 bits per heavy atom. The minimum atomic E-state index is -1.07. The first-order valence-corrected chi connectivity index (χ1v) is 5.35. The number of nitrogens with zero attached hydrogens (tertiary/aromatic N) is 2. The van der Waals surface area contributed by atoms with Gasteiger partial charge in [0.25, 0.3) is 0 Å². The van der Waals surface area contributed by atoms with Crippen LogP contribution in [0.5, 0.6) is 0 Å². The molecule has 0 saturated heterocycles. The molecule has 0 spiro atoms. The molecule has 18 heavy (non-hydrogen) atoms. The molecule has 0 aromatic carbocycles. The quantitative estimate of drug-likeness (QED) is 0.789. The lowest BCUT2D eigenvalue weighted by molar-refractivity contribution is -0.150. The van der Waals surface area contributed by atoms with Crippen molar-refractivity contribution in [3.05, 3.63) is 18.2 Å². The molecule has 0 saturated carbocycles.